The second-order valence-electron chi connectivity index (χ2n) is 4.71. The Kier molecular flexibility index (Phi) is 5.97. The quantitative estimate of drug-likeness (QED) is 0.375. The number of hydrogen-bond donors (Lipinski definition) is 1. The Morgan fingerprint density at radius 1 is 1.38 bits per heavy atom. The van der Waals surface area contributed by atoms with Gasteiger partial charge in [-0.05, 0) is 42.8 Å². The van der Waals surface area contributed by atoms with E-state index in [1.165, 1.54) is 7.11 Å². The Morgan fingerprint density at radius 2 is 2.08 bits per heavy atom. The van der Waals surface area contributed by atoms with Crippen LogP contribution in [0.15, 0.2) is 53.3 Å². The topological polar surface area (TPSA) is 85.9 Å². The van der Waals surface area contributed by atoms with Crippen LogP contribution in [0.25, 0.3) is 5.69 Å². The van der Waals surface area contributed by atoms with E-state index in [0.29, 0.717) is 16.5 Å². The highest BCUT2D eigenvalue weighted by atomic mass is 35.5. The summed E-state index contributed by atoms with van der Waals surface area (Å²) in [5.41, 5.74) is 1.11. The van der Waals surface area contributed by atoms with Crippen LogP contribution in [-0.2, 0) is 9.53 Å². The van der Waals surface area contributed by atoms with Crippen LogP contribution in [0.3, 0.4) is 0 Å². The summed E-state index contributed by atoms with van der Waals surface area (Å²) in [6.07, 6.45) is 3.34. The zero-order valence-corrected chi connectivity index (χ0v) is 13.9. The standard InChI is InChI=1S/C16H16ClN3O4/c1-11(15(19-22)16(21)23-2)8-10-24-14-7-9-20(18-14)13-5-3-12(17)4-6-13/h3-9,22H,10H2,1-2H3/b11-8-,19-15+. The third-order valence-corrected chi connectivity index (χ3v) is 3.38. The molecule has 0 saturated carbocycles. The van der Waals surface area contributed by atoms with E-state index in [1.807, 2.05) is 12.1 Å². The van der Waals surface area contributed by atoms with Crippen LogP contribution in [0, 0.1) is 0 Å². The molecular weight excluding hydrogens is 334 g/mol. The molecule has 2 rings (SSSR count). The predicted octanol–water partition coefficient (Wildman–Crippen LogP) is 2.85. The molecule has 0 bridgehead atoms. The fourth-order valence-corrected chi connectivity index (χ4v) is 1.97. The Hall–Kier alpha value is -2.80. The van der Waals surface area contributed by atoms with Gasteiger partial charge < -0.3 is 14.7 Å². The van der Waals surface area contributed by atoms with E-state index in [-0.39, 0.29) is 12.3 Å². The molecule has 126 valence electrons. The number of rotatable bonds is 6. The second kappa shape index (κ2) is 8.16. The van der Waals surface area contributed by atoms with Gasteiger partial charge in [-0.1, -0.05) is 16.8 Å². The van der Waals surface area contributed by atoms with Crippen LogP contribution >= 0.6 is 11.6 Å². The number of methoxy groups -OCH3 is 1. The molecule has 0 unspecified atom stereocenters. The van der Waals surface area contributed by atoms with E-state index in [9.17, 15) is 4.79 Å². The molecule has 24 heavy (non-hydrogen) atoms. The zero-order valence-electron chi connectivity index (χ0n) is 13.1. The van der Waals surface area contributed by atoms with E-state index < -0.39 is 5.97 Å². The molecule has 0 spiro atoms. The molecule has 0 aliphatic heterocycles. The molecule has 0 saturated heterocycles. The van der Waals surface area contributed by atoms with Crippen molar-refractivity contribution in [2.24, 2.45) is 5.16 Å². The first-order chi connectivity index (χ1) is 11.5. The summed E-state index contributed by atoms with van der Waals surface area (Å²) < 4.78 is 11.7. The Morgan fingerprint density at radius 3 is 2.71 bits per heavy atom. The number of carbonyl (C=O) groups is 1. The third-order valence-electron chi connectivity index (χ3n) is 3.13. The molecule has 0 aliphatic rings. The lowest BCUT2D eigenvalue weighted by Crippen LogP contribution is -2.17. The number of ether oxygens (including phenoxy) is 2. The van der Waals surface area contributed by atoms with Gasteiger partial charge in [-0.25, -0.2) is 9.48 Å². The lowest BCUT2D eigenvalue weighted by atomic mass is 10.2. The lowest BCUT2D eigenvalue weighted by molar-refractivity contribution is -0.132. The molecule has 0 radical (unpaired) electrons. The highest BCUT2D eigenvalue weighted by Crippen LogP contribution is 2.15. The lowest BCUT2D eigenvalue weighted by Gasteiger charge is -2.04. The SMILES string of the molecule is COC(=O)C(=N/O)/C(C)=C\COc1ccn(-c2ccc(Cl)cc2)n1. The number of oxime groups is 1. The van der Waals surface area contributed by atoms with Gasteiger partial charge in [-0.3, -0.25) is 0 Å². The van der Waals surface area contributed by atoms with Crippen molar-refractivity contribution < 1.29 is 19.5 Å². The maximum absolute atomic E-state index is 11.4. The molecule has 8 heteroatoms. The average Bonchev–Trinajstić information content (AvgIpc) is 3.04. The summed E-state index contributed by atoms with van der Waals surface area (Å²) in [6.45, 7) is 1.77. The Balaban J connectivity index is 1.99. The van der Waals surface area contributed by atoms with Gasteiger partial charge in [-0.2, -0.15) is 0 Å². The Labute approximate surface area is 143 Å². The molecule has 0 aliphatic carbocycles. The molecule has 1 N–H and O–H groups in total. The number of benzene rings is 1. The first-order valence-electron chi connectivity index (χ1n) is 6.97. The van der Waals surface area contributed by atoms with Gasteiger partial charge in [0.2, 0.25) is 5.88 Å². The van der Waals surface area contributed by atoms with Gasteiger partial charge in [-0.15, -0.1) is 5.10 Å². The summed E-state index contributed by atoms with van der Waals surface area (Å²) in [5, 5.41) is 16.7. The van der Waals surface area contributed by atoms with E-state index in [4.69, 9.17) is 21.5 Å². The summed E-state index contributed by atoms with van der Waals surface area (Å²) in [4.78, 5) is 11.4. The van der Waals surface area contributed by atoms with Crippen LogP contribution < -0.4 is 4.74 Å². The van der Waals surface area contributed by atoms with Crippen LogP contribution in [0.4, 0.5) is 0 Å². The van der Waals surface area contributed by atoms with E-state index in [1.54, 1.807) is 42.1 Å². The normalized spacial score (nSPS) is 12.1. The largest absolute Gasteiger partial charge is 0.472 e. The van der Waals surface area contributed by atoms with E-state index >= 15 is 0 Å². The molecule has 1 heterocycles. The molecule has 0 fully saturated rings. The minimum Gasteiger partial charge on any atom is -0.472 e. The summed E-state index contributed by atoms with van der Waals surface area (Å²) in [6, 6.07) is 8.92. The molecule has 1 aromatic carbocycles. The van der Waals surface area contributed by atoms with Crippen LogP contribution in [0.2, 0.25) is 5.02 Å². The van der Waals surface area contributed by atoms with Crippen molar-refractivity contribution in [2.45, 2.75) is 6.92 Å². The third kappa shape index (κ3) is 4.36. The summed E-state index contributed by atoms with van der Waals surface area (Å²) in [5.74, 6) is -0.312. The fourth-order valence-electron chi connectivity index (χ4n) is 1.85. The second-order valence-corrected chi connectivity index (χ2v) is 5.15. The first-order valence-corrected chi connectivity index (χ1v) is 7.35. The van der Waals surface area contributed by atoms with Gasteiger partial charge in [0.25, 0.3) is 0 Å². The maximum Gasteiger partial charge on any atom is 0.360 e. The number of halogens is 1. The first kappa shape index (κ1) is 17.6. The average molecular weight is 350 g/mol. The monoisotopic (exact) mass is 349 g/mol. The van der Waals surface area contributed by atoms with Crippen molar-refractivity contribution in [1.29, 1.82) is 0 Å². The summed E-state index contributed by atoms with van der Waals surface area (Å²) in [7, 11) is 1.21. The maximum atomic E-state index is 11.4. The number of carbonyl (C=O) groups excluding carboxylic acids is 1. The number of hydrogen-bond acceptors (Lipinski definition) is 6. The predicted molar refractivity (Wildman–Crippen MR) is 89.1 cm³/mol. The molecule has 2 aromatic rings. The minimum atomic E-state index is -0.724. The van der Waals surface area contributed by atoms with Gasteiger partial charge in [0.05, 0.1) is 12.8 Å². The molecule has 0 atom stereocenters. The zero-order chi connectivity index (χ0) is 17.5. The van der Waals surface area contributed by atoms with Crippen molar-refractivity contribution >= 4 is 23.3 Å². The van der Waals surface area contributed by atoms with Gasteiger partial charge >= 0.3 is 5.97 Å². The van der Waals surface area contributed by atoms with Gasteiger partial charge in [0.15, 0.2) is 5.71 Å². The Bertz CT molecular complexity index is 766. The smallest absolute Gasteiger partial charge is 0.360 e. The minimum absolute atomic E-state index is 0.152. The van der Waals surface area contributed by atoms with Crippen molar-refractivity contribution in [1.82, 2.24) is 9.78 Å². The molecule has 7 nitrogen and oxygen atoms in total. The fraction of sp³-hybridized carbons (Fsp3) is 0.188. The van der Waals surface area contributed by atoms with E-state index in [0.717, 1.165) is 5.69 Å². The van der Waals surface area contributed by atoms with E-state index in [2.05, 4.69) is 15.0 Å². The highest BCUT2D eigenvalue weighted by Gasteiger charge is 2.14. The molecule has 1 aromatic heterocycles. The van der Waals surface area contributed by atoms with Gasteiger partial charge in [0, 0.05) is 17.3 Å². The van der Waals surface area contributed by atoms with Crippen molar-refractivity contribution in [3.63, 3.8) is 0 Å². The van der Waals surface area contributed by atoms with Crippen molar-refractivity contribution in [2.75, 3.05) is 13.7 Å². The van der Waals surface area contributed by atoms with Crippen LogP contribution in [0.5, 0.6) is 5.88 Å². The number of nitrogens with zero attached hydrogens (tertiary/aromatic N) is 3. The van der Waals surface area contributed by atoms with Crippen molar-refractivity contribution in [3.05, 3.63) is 53.2 Å². The molecule has 0 amide bonds. The van der Waals surface area contributed by atoms with Crippen LogP contribution in [-0.4, -0.2) is 40.4 Å². The van der Waals surface area contributed by atoms with Crippen LogP contribution in [0.1, 0.15) is 6.92 Å². The number of esters is 1. The van der Waals surface area contributed by atoms with Gasteiger partial charge in [0.1, 0.15) is 6.61 Å². The number of aromatic nitrogens is 2. The highest BCUT2D eigenvalue weighted by molar-refractivity contribution is 6.42. The summed E-state index contributed by atoms with van der Waals surface area (Å²) >= 11 is 5.85. The van der Waals surface area contributed by atoms with Crippen molar-refractivity contribution in [3.8, 4) is 11.6 Å². The molecular formula is C16H16ClN3O4.